The number of methoxy groups -OCH3 is 1. The third-order valence-corrected chi connectivity index (χ3v) is 6.60. The molecule has 0 saturated heterocycles. The summed E-state index contributed by atoms with van der Waals surface area (Å²) < 4.78 is 17.7. The van der Waals surface area contributed by atoms with Crippen molar-refractivity contribution >= 4 is 11.6 Å². The molecule has 2 aromatic carbocycles. The van der Waals surface area contributed by atoms with Crippen LogP contribution < -0.4 is 14.8 Å². The largest absolute Gasteiger partial charge is 0.496 e. The van der Waals surface area contributed by atoms with E-state index in [9.17, 15) is 0 Å². The van der Waals surface area contributed by atoms with Gasteiger partial charge in [0.25, 0.3) is 0 Å². The summed E-state index contributed by atoms with van der Waals surface area (Å²) in [6, 6.07) is 14.1. The van der Waals surface area contributed by atoms with Gasteiger partial charge < -0.3 is 24.4 Å². The van der Waals surface area contributed by atoms with Gasteiger partial charge in [-0.3, -0.25) is 4.90 Å². The number of hydrogen-bond acceptors (Lipinski definition) is 8. The van der Waals surface area contributed by atoms with Gasteiger partial charge in [0.2, 0.25) is 5.95 Å². The Kier molecular flexibility index (Phi) is 10.1. The van der Waals surface area contributed by atoms with Gasteiger partial charge in [-0.25, -0.2) is 9.97 Å². The normalized spacial score (nSPS) is 14.4. The van der Waals surface area contributed by atoms with Gasteiger partial charge in [0, 0.05) is 48.2 Å². The minimum Gasteiger partial charge on any atom is -0.496 e. The van der Waals surface area contributed by atoms with E-state index in [0.29, 0.717) is 25.8 Å². The standard InChI is InChI=1S/C30H39N5O3/c1-5-35(6-2)16-18-38-29-12-10-26-20-24(29)21-34(3)15-7-8-17-37-22-25-19-23(9-11-28(25)36-4)27-13-14-31-30(32-26)33-27/h7-14,19-20H,5-6,15-18,21-22H2,1-4H3,(H,31,32,33). The molecule has 0 radical (unpaired) electrons. The lowest BCUT2D eigenvalue weighted by atomic mass is 10.1. The molecule has 0 spiro atoms. The van der Waals surface area contributed by atoms with Crippen LogP contribution in [0.25, 0.3) is 11.3 Å². The molecular formula is C30H39N5O3. The van der Waals surface area contributed by atoms with Crippen LogP contribution in [0.15, 0.2) is 60.8 Å². The molecule has 8 heteroatoms. The molecule has 1 aliphatic rings. The van der Waals surface area contributed by atoms with Crippen molar-refractivity contribution < 1.29 is 14.2 Å². The SMILES string of the molecule is CCN(CC)CCOc1ccc2cc1CN(C)CC=CCOCc1cc(ccc1OC)-c1ccnc(n1)N2. The maximum absolute atomic E-state index is 6.25. The van der Waals surface area contributed by atoms with Gasteiger partial charge in [0.15, 0.2) is 0 Å². The van der Waals surface area contributed by atoms with Crippen LogP contribution in [0.2, 0.25) is 0 Å². The molecule has 1 aromatic heterocycles. The minimum atomic E-state index is 0.451. The van der Waals surface area contributed by atoms with E-state index in [-0.39, 0.29) is 0 Å². The Labute approximate surface area is 226 Å². The minimum absolute atomic E-state index is 0.451. The lowest BCUT2D eigenvalue weighted by molar-refractivity contribution is 0.146. The first kappa shape index (κ1) is 27.6. The van der Waals surface area contributed by atoms with Crippen molar-refractivity contribution in [2.75, 3.05) is 58.9 Å². The fraction of sp³-hybridized carbons (Fsp3) is 0.400. The van der Waals surface area contributed by atoms with Crippen LogP contribution in [0, 0.1) is 0 Å². The van der Waals surface area contributed by atoms with E-state index in [2.05, 4.69) is 65.3 Å². The number of nitrogens with zero attached hydrogens (tertiary/aromatic N) is 4. The van der Waals surface area contributed by atoms with Crippen molar-refractivity contribution in [1.29, 1.82) is 0 Å². The Morgan fingerprint density at radius 3 is 2.68 bits per heavy atom. The Balaban J connectivity index is 1.63. The molecule has 1 N–H and O–H groups in total. The molecule has 202 valence electrons. The highest BCUT2D eigenvalue weighted by atomic mass is 16.5. The fourth-order valence-electron chi connectivity index (χ4n) is 4.42. The van der Waals surface area contributed by atoms with Gasteiger partial charge in [0.1, 0.15) is 18.1 Å². The summed E-state index contributed by atoms with van der Waals surface area (Å²) in [5.74, 6) is 2.23. The van der Waals surface area contributed by atoms with E-state index in [0.717, 1.165) is 72.3 Å². The van der Waals surface area contributed by atoms with E-state index >= 15 is 0 Å². The summed E-state index contributed by atoms with van der Waals surface area (Å²) in [6.45, 7) is 10.5. The summed E-state index contributed by atoms with van der Waals surface area (Å²) in [5, 5.41) is 3.39. The van der Waals surface area contributed by atoms with Gasteiger partial charge in [-0.15, -0.1) is 0 Å². The average Bonchev–Trinajstić information content (AvgIpc) is 2.93. The maximum atomic E-state index is 6.25. The lowest BCUT2D eigenvalue weighted by Crippen LogP contribution is -2.28. The third kappa shape index (κ3) is 7.54. The average molecular weight is 518 g/mol. The molecule has 2 heterocycles. The first-order valence-electron chi connectivity index (χ1n) is 13.3. The van der Waals surface area contributed by atoms with Crippen molar-refractivity contribution in [2.45, 2.75) is 27.0 Å². The lowest BCUT2D eigenvalue weighted by Gasteiger charge is -2.21. The number of likely N-dealkylation sites (N-methyl/N-ethyl adjacent to an activating group) is 2. The zero-order valence-corrected chi connectivity index (χ0v) is 22.9. The van der Waals surface area contributed by atoms with E-state index < -0.39 is 0 Å². The number of ether oxygens (including phenoxy) is 3. The first-order chi connectivity index (χ1) is 18.6. The second kappa shape index (κ2) is 13.9. The number of nitrogens with one attached hydrogen (secondary N) is 1. The van der Waals surface area contributed by atoms with Gasteiger partial charge in [-0.2, -0.15) is 0 Å². The van der Waals surface area contributed by atoms with Crippen molar-refractivity contribution in [1.82, 2.24) is 19.8 Å². The van der Waals surface area contributed by atoms with Crippen LogP contribution in [-0.2, 0) is 17.9 Å². The monoisotopic (exact) mass is 517 g/mol. The molecule has 0 unspecified atom stereocenters. The van der Waals surface area contributed by atoms with Crippen molar-refractivity contribution in [3.8, 4) is 22.8 Å². The maximum Gasteiger partial charge on any atom is 0.227 e. The fourth-order valence-corrected chi connectivity index (χ4v) is 4.42. The van der Waals surface area contributed by atoms with Gasteiger partial charge in [-0.1, -0.05) is 26.0 Å². The second-order valence-corrected chi connectivity index (χ2v) is 9.30. The number of rotatable bonds is 7. The predicted molar refractivity (Wildman–Crippen MR) is 152 cm³/mol. The zero-order chi connectivity index (χ0) is 26.7. The van der Waals surface area contributed by atoms with E-state index in [1.165, 1.54) is 0 Å². The number of benzene rings is 2. The van der Waals surface area contributed by atoms with Crippen LogP contribution in [-0.4, -0.2) is 73.3 Å². The molecule has 8 nitrogen and oxygen atoms in total. The number of anilines is 2. The first-order valence-corrected chi connectivity index (χ1v) is 13.3. The Hall–Kier alpha value is -3.46. The summed E-state index contributed by atoms with van der Waals surface area (Å²) >= 11 is 0. The summed E-state index contributed by atoms with van der Waals surface area (Å²) in [6.07, 6.45) is 5.97. The molecule has 0 amide bonds. The Morgan fingerprint density at radius 2 is 1.87 bits per heavy atom. The molecule has 0 atom stereocenters. The summed E-state index contributed by atoms with van der Waals surface area (Å²) in [7, 11) is 3.78. The van der Waals surface area contributed by atoms with Crippen LogP contribution >= 0.6 is 0 Å². The number of hydrogen-bond donors (Lipinski definition) is 1. The van der Waals surface area contributed by atoms with Gasteiger partial charge >= 0.3 is 0 Å². The topological polar surface area (TPSA) is 72.0 Å². The van der Waals surface area contributed by atoms with Crippen LogP contribution in [0.3, 0.4) is 0 Å². The van der Waals surface area contributed by atoms with E-state index in [1.54, 1.807) is 13.3 Å². The van der Waals surface area contributed by atoms with Crippen molar-refractivity contribution in [3.05, 3.63) is 71.9 Å². The molecule has 0 saturated carbocycles. The molecule has 6 bridgehead atoms. The number of fused-ring (bicyclic) bond motifs is 7. The molecule has 38 heavy (non-hydrogen) atoms. The molecule has 0 fully saturated rings. The third-order valence-electron chi connectivity index (χ3n) is 6.60. The highest BCUT2D eigenvalue weighted by Crippen LogP contribution is 2.29. The van der Waals surface area contributed by atoms with Crippen molar-refractivity contribution in [3.63, 3.8) is 0 Å². The summed E-state index contributed by atoms with van der Waals surface area (Å²) in [5.41, 5.74) is 4.81. The molecule has 4 rings (SSSR count). The van der Waals surface area contributed by atoms with Gasteiger partial charge in [0.05, 0.1) is 26.0 Å². The van der Waals surface area contributed by atoms with Crippen LogP contribution in [0.4, 0.5) is 11.6 Å². The Bertz CT molecular complexity index is 1210. The summed E-state index contributed by atoms with van der Waals surface area (Å²) in [4.78, 5) is 13.9. The van der Waals surface area contributed by atoms with E-state index in [4.69, 9.17) is 19.2 Å². The second-order valence-electron chi connectivity index (χ2n) is 9.30. The molecule has 3 aromatic rings. The van der Waals surface area contributed by atoms with Gasteiger partial charge in [-0.05, 0) is 62.6 Å². The molecule has 0 aliphatic carbocycles. The van der Waals surface area contributed by atoms with Crippen LogP contribution in [0.1, 0.15) is 25.0 Å². The highest BCUT2D eigenvalue weighted by molar-refractivity contribution is 5.64. The quantitative estimate of drug-likeness (QED) is 0.432. The number of aromatic nitrogens is 2. The van der Waals surface area contributed by atoms with Crippen molar-refractivity contribution in [2.24, 2.45) is 0 Å². The van der Waals surface area contributed by atoms with E-state index in [1.807, 2.05) is 30.3 Å². The zero-order valence-electron chi connectivity index (χ0n) is 22.9. The van der Waals surface area contributed by atoms with Crippen LogP contribution in [0.5, 0.6) is 11.5 Å². The molecule has 1 aliphatic heterocycles. The smallest absolute Gasteiger partial charge is 0.227 e. The Morgan fingerprint density at radius 1 is 1.03 bits per heavy atom. The highest BCUT2D eigenvalue weighted by Gasteiger charge is 2.12. The molecular weight excluding hydrogens is 478 g/mol. The predicted octanol–water partition coefficient (Wildman–Crippen LogP) is 5.13.